The molecule has 0 aliphatic rings. The van der Waals surface area contributed by atoms with Crippen LogP contribution in [-0.2, 0) is 13.0 Å². The summed E-state index contributed by atoms with van der Waals surface area (Å²) in [6.07, 6.45) is 0.498. The summed E-state index contributed by atoms with van der Waals surface area (Å²) in [7, 11) is 0. The molecule has 0 saturated heterocycles. The number of aromatic nitrogens is 2. The van der Waals surface area contributed by atoms with Crippen molar-refractivity contribution in [1.82, 2.24) is 9.55 Å². The van der Waals surface area contributed by atoms with Crippen LogP contribution in [0, 0.1) is 6.92 Å². The third kappa shape index (κ3) is 2.42. The van der Waals surface area contributed by atoms with Crippen LogP contribution in [0.5, 0.6) is 0 Å². The average molecular weight is 285 g/mol. The highest BCUT2D eigenvalue weighted by Gasteiger charge is 2.11. The highest BCUT2D eigenvalue weighted by atomic mass is 35.5. The zero-order valence-corrected chi connectivity index (χ0v) is 11.7. The van der Waals surface area contributed by atoms with Crippen molar-refractivity contribution in [2.45, 2.75) is 26.8 Å². The quantitative estimate of drug-likeness (QED) is 0.878. The molecule has 0 atom stereocenters. The molecular formula is C12H13ClN2O2S. The maximum absolute atomic E-state index is 12.1. The lowest BCUT2D eigenvalue weighted by Crippen LogP contribution is -2.37. The number of thiophene rings is 1. The van der Waals surface area contributed by atoms with E-state index in [2.05, 4.69) is 4.98 Å². The van der Waals surface area contributed by atoms with E-state index in [9.17, 15) is 9.59 Å². The number of halogens is 1. The molecule has 4 nitrogen and oxygen atoms in total. The van der Waals surface area contributed by atoms with E-state index in [0.29, 0.717) is 12.0 Å². The molecule has 0 bridgehead atoms. The monoisotopic (exact) mass is 284 g/mol. The number of H-pyrrole nitrogens is 1. The average Bonchev–Trinajstić information content (AvgIpc) is 2.70. The summed E-state index contributed by atoms with van der Waals surface area (Å²) >= 11 is 7.42. The van der Waals surface area contributed by atoms with Crippen LogP contribution < -0.4 is 11.2 Å². The van der Waals surface area contributed by atoms with Crippen LogP contribution in [0.3, 0.4) is 0 Å². The molecule has 96 valence electrons. The van der Waals surface area contributed by atoms with Crippen molar-refractivity contribution in [2.75, 3.05) is 0 Å². The number of aryl methyl sites for hydroxylation is 1. The Kier molecular flexibility index (Phi) is 3.73. The summed E-state index contributed by atoms with van der Waals surface area (Å²) < 4.78 is 1.19. The zero-order chi connectivity index (χ0) is 13.3. The van der Waals surface area contributed by atoms with E-state index in [-0.39, 0.29) is 17.3 Å². The molecule has 0 radical (unpaired) electrons. The summed E-state index contributed by atoms with van der Waals surface area (Å²) in [4.78, 5) is 28.5. The first-order valence-corrected chi connectivity index (χ1v) is 6.79. The molecule has 2 rings (SSSR count). The molecule has 0 aliphatic heterocycles. The summed E-state index contributed by atoms with van der Waals surface area (Å²) in [5.74, 6) is 0. The van der Waals surface area contributed by atoms with Crippen molar-refractivity contribution in [3.05, 3.63) is 53.4 Å². The van der Waals surface area contributed by atoms with Gasteiger partial charge in [-0.05, 0) is 25.5 Å². The third-order valence-electron chi connectivity index (χ3n) is 2.69. The summed E-state index contributed by atoms with van der Waals surface area (Å²) in [6.45, 7) is 4.11. The molecule has 0 spiro atoms. The van der Waals surface area contributed by atoms with Gasteiger partial charge < -0.3 is 0 Å². The molecule has 0 amide bonds. The fourth-order valence-electron chi connectivity index (χ4n) is 1.76. The maximum atomic E-state index is 12.1. The lowest BCUT2D eigenvalue weighted by Gasteiger charge is -2.06. The molecular weight excluding hydrogens is 272 g/mol. The van der Waals surface area contributed by atoms with Crippen LogP contribution in [0.2, 0.25) is 5.15 Å². The highest BCUT2D eigenvalue weighted by Crippen LogP contribution is 2.15. The first-order valence-electron chi connectivity index (χ1n) is 5.59. The Labute approximate surface area is 113 Å². The minimum absolute atomic E-state index is 0.145. The summed E-state index contributed by atoms with van der Waals surface area (Å²) in [5, 5.41) is 0.145. The number of rotatable bonds is 3. The van der Waals surface area contributed by atoms with Crippen LogP contribution in [0.4, 0.5) is 0 Å². The lowest BCUT2D eigenvalue weighted by molar-refractivity contribution is 0.693. The van der Waals surface area contributed by atoms with Crippen LogP contribution in [0.15, 0.2) is 21.7 Å². The van der Waals surface area contributed by atoms with Crippen molar-refractivity contribution in [3.8, 4) is 0 Å². The third-order valence-corrected chi connectivity index (χ3v) is 4.00. The number of nitrogens with one attached hydrogen (secondary N) is 1. The first kappa shape index (κ1) is 13.1. The molecule has 0 fully saturated rings. The predicted octanol–water partition coefficient (Wildman–Crippen LogP) is 2.17. The van der Waals surface area contributed by atoms with Gasteiger partial charge in [-0.25, -0.2) is 4.79 Å². The molecule has 0 saturated carbocycles. The number of nitrogens with zero attached hydrogens (tertiary/aromatic N) is 1. The van der Waals surface area contributed by atoms with Crippen molar-refractivity contribution in [3.63, 3.8) is 0 Å². The van der Waals surface area contributed by atoms with E-state index in [1.54, 1.807) is 11.3 Å². The van der Waals surface area contributed by atoms with Crippen molar-refractivity contribution in [2.24, 2.45) is 0 Å². The van der Waals surface area contributed by atoms with E-state index in [1.807, 2.05) is 26.0 Å². The molecule has 6 heteroatoms. The van der Waals surface area contributed by atoms with Gasteiger partial charge in [-0.3, -0.25) is 14.3 Å². The second kappa shape index (κ2) is 5.12. The molecule has 0 unspecified atom stereocenters. The number of hydrogen-bond donors (Lipinski definition) is 1. The van der Waals surface area contributed by atoms with Gasteiger partial charge >= 0.3 is 5.69 Å². The van der Waals surface area contributed by atoms with Gasteiger partial charge in [0.05, 0.1) is 12.1 Å². The van der Waals surface area contributed by atoms with Crippen LogP contribution in [-0.4, -0.2) is 9.55 Å². The highest BCUT2D eigenvalue weighted by molar-refractivity contribution is 7.11. The fraction of sp³-hybridized carbons (Fsp3) is 0.333. The van der Waals surface area contributed by atoms with Gasteiger partial charge in [0.2, 0.25) is 0 Å². The molecule has 1 N–H and O–H groups in total. The Morgan fingerprint density at radius 2 is 2.11 bits per heavy atom. The van der Waals surface area contributed by atoms with Gasteiger partial charge in [0.25, 0.3) is 5.56 Å². The Bertz CT molecular complexity index is 684. The van der Waals surface area contributed by atoms with Crippen LogP contribution in [0.1, 0.15) is 22.2 Å². The van der Waals surface area contributed by atoms with Gasteiger partial charge in [0, 0.05) is 9.75 Å². The standard InChI is InChI=1S/C12H13ClN2O2S/c1-3-9-10(13)14-12(17)15(11(9)16)6-8-5-4-7(2)18-8/h4-5H,3,6H2,1-2H3,(H,14,17). The fourth-order valence-corrected chi connectivity index (χ4v) is 2.94. The number of aromatic amines is 1. The normalized spacial score (nSPS) is 10.8. The Morgan fingerprint density at radius 3 is 2.67 bits per heavy atom. The number of hydrogen-bond acceptors (Lipinski definition) is 3. The topological polar surface area (TPSA) is 54.9 Å². The SMILES string of the molecule is CCc1c(Cl)[nH]c(=O)n(Cc2ccc(C)s2)c1=O. The Hall–Kier alpha value is -1.33. The second-order valence-electron chi connectivity index (χ2n) is 3.98. The second-order valence-corrected chi connectivity index (χ2v) is 5.73. The van der Waals surface area contributed by atoms with E-state index < -0.39 is 5.69 Å². The van der Waals surface area contributed by atoms with Crippen molar-refractivity contribution >= 4 is 22.9 Å². The molecule has 0 aliphatic carbocycles. The zero-order valence-electron chi connectivity index (χ0n) is 10.1. The van der Waals surface area contributed by atoms with E-state index in [0.717, 1.165) is 9.75 Å². The lowest BCUT2D eigenvalue weighted by atomic mass is 10.2. The smallest absolute Gasteiger partial charge is 0.297 e. The molecule has 2 heterocycles. The Balaban J connectivity index is 2.51. The van der Waals surface area contributed by atoms with Gasteiger partial charge in [-0.1, -0.05) is 18.5 Å². The minimum Gasteiger partial charge on any atom is -0.297 e. The van der Waals surface area contributed by atoms with Gasteiger partial charge in [-0.15, -0.1) is 11.3 Å². The largest absolute Gasteiger partial charge is 0.329 e. The van der Waals surface area contributed by atoms with E-state index >= 15 is 0 Å². The summed E-state index contributed by atoms with van der Waals surface area (Å²) in [6, 6.07) is 3.89. The van der Waals surface area contributed by atoms with Gasteiger partial charge in [0.1, 0.15) is 5.15 Å². The first-order chi connectivity index (χ1) is 8.52. The molecule has 0 aromatic carbocycles. The molecule has 18 heavy (non-hydrogen) atoms. The van der Waals surface area contributed by atoms with Crippen LogP contribution >= 0.6 is 22.9 Å². The van der Waals surface area contributed by atoms with Gasteiger partial charge in [-0.2, -0.15) is 0 Å². The minimum atomic E-state index is -0.465. The Morgan fingerprint density at radius 1 is 1.39 bits per heavy atom. The maximum Gasteiger partial charge on any atom is 0.329 e. The summed E-state index contributed by atoms with van der Waals surface area (Å²) in [5.41, 5.74) is -0.324. The van der Waals surface area contributed by atoms with E-state index in [1.165, 1.54) is 4.57 Å². The van der Waals surface area contributed by atoms with Gasteiger partial charge in [0.15, 0.2) is 0 Å². The van der Waals surface area contributed by atoms with Crippen molar-refractivity contribution < 1.29 is 0 Å². The van der Waals surface area contributed by atoms with E-state index in [4.69, 9.17) is 11.6 Å². The van der Waals surface area contributed by atoms with Crippen molar-refractivity contribution in [1.29, 1.82) is 0 Å². The molecule has 2 aromatic heterocycles. The van der Waals surface area contributed by atoms with Crippen LogP contribution in [0.25, 0.3) is 0 Å². The molecule has 2 aromatic rings. The predicted molar refractivity (Wildman–Crippen MR) is 73.9 cm³/mol.